The van der Waals surface area contributed by atoms with Gasteiger partial charge in [0.05, 0.1) is 10.9 Å². The topological polar surface area (TPSA) is 39.9 Å². The van der Waals surface area contributed by atoms with Crippen LogP contribution in [0.2, 0.25) is 5.02 Å². The number of benzene rings is 1. The number of para-hydroxylation sites is 1. The van der Waals surface area contributed by atoms with Crippen LogP contribution < -0.4 is 4.74 Å². The molecule has 0 saturated carbocycles. The normalized spacial score (nSPS) is 10.6. The molecule has 2 aromatic rings. The molecule has 0 aliphatic rings. The molecular weight excluding hydrogens is 273 g/mol. The van der Waals surface area contributed by atoms with E-state index in [9.17, 15) is 0 Å². The molecule has 1 heterocycles. The average Bonchev–Trinajstić information content (AvgIpc) is 2.84. The highest BCUT2D eigenvalue weighted by Gasteiger charge is 2.10. The first-order valence-electron chi connectivity index (χ1n) is 5.59. The third-order valence-corrected chi connectivity index (χ3v) is 3.12. The summed E-state index contributed by atoms with van der Waals surface area (Å²) >= 11 is 11.9. The number of alkyl halides is 1. The summed E-state index contributed by atoms with van der Waals surface area (Å²) in [4.78, 5) is 4.14. The van der Waals surface area contributed by atoms with Crippen molar-refractivity contribution in [3.05, 3.63) is 40.9 Å². The van der Waals surface area contributed by atoms with E-state index in [4.69, 9.17) is 27.9 Å². The summed E-state index contributed by atoms with van der Waals surface area (Å²) in [7, 11) is 0. The third-order valence-electron chi connectivity index (χ3n) is 2.53. The van der Waals surface area contributed by atoms with Gasteiger partial charge in [-0.1, -0.05) is 23.7 Å². The van der Waals surface area contributed by atoms with Crippen LogP contribution in [0.1, 0.15) is 18.3 Å². The van der Waals surface area contributed by atoms with Gasteiger partial charge in [0, 0.05) is 12.1 Å². The maximum atomic E-state index is 6.10. The van der Waals surface area contributed by atoms with Crippen LogP contribution in [0.25, 0.3) is 0 Å². The van der Waals surface area contributed by atoms with E-state index in [0.29, 0.717) is 23.3 Å². The SMILES string of the molecule is CCn1ncnc1COc1c(Cl)cccc1CCl. The van der Waals surface area contributed by atoms with Gasteiger partial charge < -0.3 is 4.74 Å². The van der Waals surface area contributed by atoms with E-state index in [2.05, 4.69) is 10.1 Å². The van der Waals surface area contributed by atoms with Gasteiger partial charge >= 0.3 is 0 Å². The van der Waals surface area contributed by atoms with Crippen LogP contribution in [0, 0.1) is 0 Å². The molecule has 0 aliphatic heterocycles. The Morgan fingerprint density at radius 3 is 2.94 bits per heavy atom. The molecule has 0 amide bonds. The molecule has 0 unspecified atom stereocenters. The number of halogens is 2. The maximum Gasteiger partial charge on any atom is 0.164 e. The van der Waals surface area contributed by atoms with E-state index >= 15 is 0 Å². The van der Waals surface area contributed by atoms with Crippen molar-refractivity contribution in [3.63, 3.8) is 0 Å². The molecule has 4 nitrogen and oxygen atoms in total. The zero-order valence-corrected chi connectivity index (χ0v) is 11.4. The van der Waals surface area contributed by atoms with Crippen molar-refractivity contribution in [3.8, 4) is 5.75 Å². The minimum absolute atomic E-state index is 0.321. The number of hydrogen-bond donors (Lipinski definition) is 0. The molecule has 0 atom stereocenters. The van der Waals surface area contributed by atoms with Crippen molar-refractivity contribution < 1.29 is 4.74 Å². The number of rotatable bonds is 5. The standard InChI is InChI=1S/C12H13Cl2N3O/c1-2-17-11(15-8-16-17)7-18-12-9(6-13)4-3-5-10(12)14/h3-5,8H,2,6-7H2,1H3. The van der Waals surface area contributed by atoms with E-state index in [1.165, 1.54) is 6.33 Å². The minimum atomic E-state index is 0.321. The lowest BCUT2D eigenvalue weighted by molar-refractivity contribution is 0.285. The Hall–Kier alpha value is -1.26. The highest BCUT2D eigenvalue weighted by atomic mass is 35.5. The fourth-order valence-electron chi connectivity index (χ4n) is 1.62. The first-order chi connectivity index (χ1) is 8.76. The lowest BCUT2D eigenvalue weighted by atomic mass is 10.2. The summed E-state index contributed by atoms with van der Waals surface area (Å²) < 4.78 is 7.48. The molecule has 0 N–H and O–H groups in total. The number of aryl methyl sites for hydroxylation is 1. The quantitative estimate of drug-likeness (QED) is 0.792. The maximum absolute atomic E-state index is 6.10. The zero-order chi connectivity index (χ0) is 13.0. The molecule has 18 heavy (non-hydrogen) atoms. The zero-order valence-electron chi connectivity index (χ0n) is 9.94. The molecule has 0 aliphatic carbocycles. The second kappa shape index (κ2) is 6.07. The van der Waals surface area contributed by atoms with E-state index in [1.54, 1.807) is 10.7 Å². The second-order valence-corrected chi connectivity index (χ2v) is 4.32. The van der Waals surface area contributed by atoms with E-state index in [-0.39, 0.29) is 0 Å². The van der Waals surface area contributed by atoms with Crippen LogP contribution in [0.3, 0.4) is 0 Å². The van der Waals surface area contributed by atoms with Gasteiger partial charge in [-0.25, -0.2) is 9.67 Å². The van der Waals surface area contributed by atoms with Crippen LogP contribution in [-0.4, -0.2) is 14.8 Å². The first kappa shape index (κ1) is 13.2. The van der Waals surface area contributed by atoms with Crippen molar-refractivity contribution in [2.24, 2.45) is 0 Å². The van der Waals surface area contributed by atoms with Crippen molar-refractivity contribution in [2.75, 3.05) is 0 Å². The Morgan fingerprint density at radius 2 is 2.22 bits per heavy atom. The van der Waals surface area contributed by atoms with E-state index in [1.807, 2.05) is 19.1 Å². The third kappa shape index (κ3) is 2.76. The van der Waals surface area contributed by atoms with Gasteiger partial charge in [0.15, 0.2) is 5.82 Å². The molecule has 2 rings (SSSR count). The molecule has 0 bridgehead atoms. The predicted molar refractivity (Wildman–Crippen MR) is 71.0 cm³/mol. The number of nitrogens with zero attached hydrogens (tertiary/aromatic N) is 3. The Morgan fingerprint density at radius 1 is 1.39 bits per heavy atom. The van der Waals surface area contributed by atoms with Crippen LogP contribution in [0.15, 0.2) is 24.5 Å². The fraction of sp³-hybridized carbons (Fsp3) is 0.333. The summed E-state index contributed by atoms with van der Waals surface area (Å²) in [5.74, 6) is 1.73. The van der Waals surface area contributed by atoms with Crippen molar-refractivity contribution in [1.29, 1.82) is 0 Å². The molecule has 0 spiro atoms. The van der Waals surface area contributed by atoms with Gasteiger partial charge in [-0.05, 0) is 13.0 Å². The lowest BCUT2D eigenvalue weighted by Gasteiger charge is -2.11. The van der Waals surface area contributed by atoms with Gasteiger partial charge in [-0.3, -0.25) is 0 Å². The molecule has 1 aromatic carbocycles. The Kier molecular flexibility index (Phi) is 4.44. The van der Waals surface area contributed by atoms with E-state index < -0.39 is 0 Å². The predicted octanol–water partition coefficient (Wildman–Crippen LogP) is 3.27. The van der Waals surface area contributed by atoms with Crippen LogP contribution in [0.4, 0.5) is 0 Å². The Bertz CT molecular complexity index is 528. The molecule has 0 radical (unpaired) electrons. The van der Waals surface area contributed by atoms with Gasteiger partial charge in [0.1, 0.15) is 18.7 Å². The Labute approximate surface area is 115 Å². The van der Waals surface area contributed by atoms with Crippen LogP contribution >= 0.6 is 23.2 Å². The van der Waals surface area contributed by atoms with Crippen molar-refractivity contribution in [2.45, 2.75) is 26.0 Å². The van der Waals surface area contributed by atoms with Gasteiger partial charge in [-0.2, -0.15) is 5.10 Å². The molecule has 1 aromatic heterocycles. The fourth-order valence-corrected chi connectivity index (χ4v) is 2.08. The molecule has 0 saturated heterocycles. The van der Waals surface area contributed by atoms with Gasteiger partial charge in [0.2, 0.25) is 0 Å². The summed E-state index contributed by atoms with van der Waals surface area (Å²) in [5, 5.41) is 4.63. The van der Waals surface area contributed by atoms with Gasteiger partial charge in [-0.15, -0.1) is 11.6 Å². The first-order valence-corrected chi connectivity index (χ1v) is 6.50. The van der Waals surface area contributed by atoms with Crippen LogP contribution in [0.5, 0.6) is 5.75 Å². The average molecular weight is 286 g/mol. The highest BCUT2D eigenvalue weighted by molar-refractivity contribution is 6.32. The molecule has 6 heteroatoms. The van der Waals surface area contributed by atoms with Crippen molar-refractivity contribution in [1.82, 2.24) is 14.8 Å². The smallest absolute Gasteiger partial charge is 0.164 e. The monoisotopic (exact) mass is 285 g/mol. The summed E-state index contributed by atoms with van der Waals surface area (Å²) in [6.07, 6.45) is 1.51. The van der Waals surface area contributed by atoms with Crippen molar-refractivity contribution >= 4 is 23.2 Å². The van der Waals surface area contributed by atoms with Crippen LogP contribution in [-0.2, 0) is 19.0 Å². The summed E-state index contributed by atoms with van der Waals surface area (Å²) in [6, 6.07) is 5.51. The molecule has 96 valence electrons. The number of aromatic nitrogens is 3. The second-order valence-electron chi connectivity index (χ2n) is 3.64. The highest BCUT2D eigenvalue weighted by Crippen LogP contribution is 2.30. The molecule has 0 fully saturated rings. The largest absolute Gasteiger partial charge is 0.484 e. The van der Waals surface area contributed by atoms with E-state index in [0.717, 1.165) is 17.9 Å². The minimum Gasteiger partial charge on any atom is -0.484 e. The summed E-state index contributed by atoms with van der Waals surface area (Å²) in [6.45, 7) is 3.07. The Balaban J connectivity index is 2.15. The number of ether oxygens (including phenoxy) is 1. The van der Waals surface area contributed by atoms with Gasteiger partial charge in [0.25, 0.3) is 0 Å². The lowest BCUT2D eigenvalue weighted by Crippen LogP contribution is -2.08. The summed E-state index contributed by atoms with van der Waals surface area (Å²) in [5.41, 5.74) is 0.867. The molecular formula is C12H13Cl2N3O. The number of hydrogen-bond acceptors (Lipinski definition) is 3.